The summed E-state index contributed by atoms with van der Waals surface area (Å²) in [6, 6.07) is 0. The molecule has 162 valence electrons. The second-order valence-corrected chi connectivity index (χ2v) is 8.40. The zero-order valence-electron chi connectivity index (χ0n) is 18.1. The van der Waals surface area contributed by atoms with Gasteiger partial charge in [0.25, 0.3) is 0 Å². The molecule has 0 aliphatic heterocycles. The predicted molar refractivity (Wildman–Crippen MR) is 113 cm³/mol. The number of aliphatic hydroxyl groups excluding tert-OH is 2. The van der Waals surface area contributed by atoms with E-state index in [0.29, 0.717) is 6.42 Å². The molecular formula is C23H46O4. The molecule has 0 aromatic carbocycles. The molecule has 0 fully saturated rings. The van der Waals surface area contributed by atoms with E-state index in [9.17, 15) is 4.79 Å². The normalized spacial score (nSPS) is 12.5. The van der Waals surface area contributed by atoms with E-state index in [1.807, 2.05) is 0 Å². The van der Waals surface area contributed by atoms with Gasteiger partial charge in [-0.15, -0.1) is 0 Å². The fourth-order valence-electron chi connectivity index (χ4n) is 3.26. The zero-order chi connectivity index (χ0) is 20.2. The summed E-state index contributed by atoms with van der Waals surface area (Å²) in [4.78, 5) is 11.4. The van der Waals surface area contributed by atoms with E-state index in [-0.39, 0.29) is 19.2 Å². The van der Waals surface area contributed by atoms with Gasteiger partial charge in [-0.05, 0) is 12.3 Å². The average molecular weight is 387 g/mol. The van der Waals surface area contributed by atoms with Gasteiger partial charge >= 0.3 is 5.97 Å². The number of aliphatic hydroxyl groups is 2. The van der Waals surface area contributed by atoms with Gasteiger partial charge in [-0.25, -0.2) is 0 Å². The smallest absolute Gasteiger partial charge is 0.305 e. The molecule has 0 bridgehead atoms. The molecule has 0 rings (SSSR count). The van der Waals surface area contributed by atoms with Crippen LogP contribution in [0.1, 0.15) is 117 Å². The summed E-state index contributed by atoms with van der Waals surface area (Å²) in [5, 5.41) is 17.7. The Morgan fingerprint density at radius 2 is 1.15 bits per heavy atom. The van der Waals surface area contributed by atoms with Gasteiger partial charge < -0.3 is 14.9 Å². The van der Waals surface area contributed by atoms with Crippen LogP contribution in [-0.4, -0.2) is 35.5 Å². The van der Waals surface area contributed by atoms with E-state index in [1.165, 1.54) is 83.5 Å². The minimum Gasteiger partial charge on any atom is -0.463 e. The Labute approximate surface area is 168 Å². The monoisotopic (exact) mass is 386 g/mol. The molecular weight excluding hydrogens is 340 g/mol. The Bertz CT molecular complexity index is 318. The van der Waals surface area contributed by atoms with E-state index < -0.39 is 6.10 Å². The number of carbonyl (C=O) groups excluding carboxylic acids is 1. The molecule has 0 heterocycles. The fourth-order valence-corrected chi connectivity index (χ4v) is 3.26. The number of esters is 1. The summed E-state index contributed by atoms with van der Waals surface area (Å²) in [5.74, 6) is 0.585. The number of hydrogen-bond acceptors (Lipinski definition) is 4. The highest BCUT2D eigenvalue weighted by Gasteiger charge is 2.07. The highest BCUT2D eigenvalue weighted by Crippen LogP contribution is 2.14. The van der Waals surface area contributed by atoms with E-state index in [2.05, 4.69) is 13.8 Å². The summed E-state index contributed by atoms with van der Waals surface area (Å²) in [6.45, 7) is 4.15. The Morgan fingerprint density at radius 1 is 0.741 bits per heavy atom. The second kappa shape index (κ2) is 20.1. The van der Waals surface area contributed by atoms with Crippen LogP contribution in [0, 0.1) is 5.92 Å². The van der Waals surface area contributed by atoms with Gasteiger partial charge in [-0.1, -0.05) is 104 Å². The van der Waals surface area contributed by atoms with Crippen molar-refractivity contribution in [2.45, 2.75) is 123 Å². The predicted octanol–water partition coefficient (Wildman–Crippen LogP) is 5.78. The molecule has 0 saturated heterocycles. The molecule has 0 saturated carbocycles. The summed E-state index contributed by atoms with van der Waals surface area (Å²) in [6.07, 6.45) is 19.1. The summed E-state index contributed by atoms with van der Waals surface area (Å²) < 4.78 is 4.87. The standard InChI is InChI=1S/C23H46O4/c1-21(2)17-15-13-11-9-7-5-3-4-6-8-10-12-14-16-18-23(26)27-20-22(25)19-24/h21-22,24-25H,3-20H2,1-2H3/t22-/m1/s1. The van der Waals surface area contributed by atoms with Crippen LogP contribution < -0.4 is 0 Å². The Balaban J connectivity index is 3.13. The molecule has 0 spiro atoms. The first-order valence-electron chi connectivity index (χ1n) is 11.5. The first-order chi connectivity index (χ1) is 13.1. The SMILES string of the molecule is CC(C)CCCCCCCCCCCCCCCCC(=O)OC[C@H](O)CO. The molecule has 0 aromatic rings. The first-order valence-corrected chi connectivity index (χ1v) is 11.5. The van der Waals surface area contributed by atoms with Crippen molar-refractivity contribution < 1.29 is 19.7 Å². The van der Waals surface area contributed by atoms with Crippen LogP contribution in [0.2, 0.25) is 0 Å². The van der Waals surface area contributed by atoms with Crippen molar-refractivity contribution in [3.05, 3.63) is 0 Å². The van der Waals surface area contributed by atoms with Gasteiger partial charge in [-0.2, -0.15) is 0 Å². The Morgan fingerprint density at radius 3 is 1.56 bits per heavy atom. The van der Waals surface area contributed by atoms with E-state index in [4.69, 9.17) is 14.9 Å². The average Bonchev–Trinajstić information content (AvgIpc) is 2.65. The van der Waals surface area contributed by atoms with Crippen molar-refractivity contribution in [1.82, 2.24) is 0 Å². The molecule has 0 amide bonds. The van der Waals surface area contributed by atoms with Crippen LogP contribution in [0.15, 0.2) is 0 Å². The van der Waals surface area contributed by atoms with Crippen molar-refractivity contribution >= 4 is 5.97 Å². The third kappa shape index (κ3) is 21.5. The van der Waals surface area contributed by atoms with Gasteiger partial charge in [0.15, 0.2) is 0 Å². The third-order valence-electron chi connectivity index (χ3n) is 5.06. The van der Waals surface area contributed by atoms with Crippen molar-refractivity contribution in [3.63, 3.8) is 0 Å². The number of rotatable bonds is 20. The quantitative estimate of drug-likeness (QED) is 0.205. The molecule has 4 nitrogen and oxygen atoms in total. The maximum absolute atomic E-state index is 11.4. The van der Waals surface area contributed by atoms with Crippen molar-refractivity contribution in [3.8, 4) is 0 Å². The van der Waals surface area contributed by atoms with Crippen LogP contribution in [0.3, 0.4) is 0 Å². The highest BCUT2D eigenvalue weighted by molar-refractivity contribution is 5.69. The van der Waals surface area contributed by atoms with E-state index >= 15 is 0 Å². The summed E-state index contributed by atoms with van der Waals surface area (Å²) >= 11 is 0. The maximum Gasteiger partial charge on any atom is 0.305 e. The molecule has 0 unspecified atom stereocenters. The van der Waals surface area contributed by atoms with Gasteiger partial charge in [0.05, 0.1) is 6.61 Å². The Hall–Kier alpha value is -0.610. The summed E-state index contributed by atoms with van der Waals surface area (Å²) in [7, 11) is 0. The molecule has 2 N–H and O–H groups in total. The van der Waals surface area contributed by atoms with Gasteiger partial charge in [0.1, 0.15) is 12.7 Å². The lowest BCUT2D eigenvalue weighted by Gasteiger charge is -2.08. The van der Waals surface area contributed by atoms with Crippen molar-refractivity contribution in [2.75, 3.05) is 13.2 Å². The van der Waals surface area contributed by atoms with Gasteiger partial charge in [-0.3, -0.25) is 4.79 Å². The van der Waals surface area contributed by atoms with Crippen LogP contribution in [0.25, 0.3) is 0 Å². The Kier molecular flexibility index (Phi) is 19.7. The fraction of sp³-hybridized carbons (Fsp3) is 0.957. The van der Waals surface area contributed by atoms with Gasteiger partial charge in [0.2, 0.25) is 0 Å². The zero-order valence-corrected chi connectivity index (χ0v) is 18.1. The molecule has 4 heteroatoms. The number of ether oxygens (including phenoxy) is 1. The molecule has 0 aromatic heterocycles. The molecule has 0 aliphatic carbocycles. The van der Waals surface area contributed by atoms with Crippen LogP contribution in [0.4, 0.5) is 0 Å². The lowest BCUT2D eigenvalue weighted by molar-refractivity contribution is -0.147. The lowest BCUT2D eigenvalue weighted by Crippen LogP contribution is -2.21. The topological polar surface area (TPSA) is 66.8 Å². The van der Waals surface area contributed by atoms with Crippen molar-refractivity contribution in [1.29, 1.82) is 0 Å². The third-order valence-corrected chi connectivity index (χ3v) is 5.06. The molecule has 0 aliphatic rings. The largest absolute Gasteiger partial charge is 0.463 e. The minimum absolute atomic E-state index is 0.104. The number of unbranched alkanes of at least 4 members (excludes halogenated alkanes) is 13. The van der Waals surface area contributed by atoms with E-state index in [0.717, 1.165) is 18.8 Å². The van der Waals surface area contributed by atoms with Crippen LogP contribution in [0.5, 0.6) is 0 Å². The first kappa shape index (κ1) is 26.4. The van der Waals surface area contributed by atoms with E-state index in [1.54, 1.807) is 0 Å². The molecule has 27 heavy (non-hydrogen) atoms. The maximum atomic E-state index is 11.4. The minimum atomic E-state index is -0.955. The summed E-state index contributed by atoms with van der Waals surface area (Å²) in [5.41, 5.74) is 0. The second-order valence-electron chi connectivity index (χ2n) is 8.40. The lowest BCUT2D eigenvalue weighted by atomic mass is 10.0. The highest BCUT2D eigenvalue weighted by atomic mass is 16.5. The van der Waals surface area contributed by atoms with Crippen LogP contribution in [-0.2, 0) is 9.53 Å². The molecule has 0 radical (unpaired) electrons. The molecule has 1 atom stereocenters. The van der Waals surface area contributed by atoms with Gasteiger partial charge in [0, 0.05) is 6.42 Å². The number of hydrogen-bond donors (Lipinski definition) is 2. The number of carbonyl (C=O) groups is 1. The van der Waals surface area contributed by atoms with Crippen molar-refractivity contribution in [2.24, 2.45) is 5.92 Å². The van der Waals surface area contributed by atoms with Crippen LogP contribution >= 0.6 is 0 Å².